The minimum Gasteiger partial charge on any atom is -0.495 e. The van der Waals surface area contributed by atoms with E-state index >= 15 is 0 Å². The summed E-state index contributed by atoms with van der Waals surface area (Å²) in [5, 5.41) is 2.96. The molecule has 2 aromatic carbocycles. The highest BCUT2D eigenvalue weighted by Gasteiger charge is 2.51. The van der Waals surface area contributed by atoms with Crippen LogP contribution in [-0.4, -0.2) is 25.5 Å². The van der Waals surface area contributed by atoms with Crippen LogP contribution in [0.4, 0.5) is 15.8 Å². The fourth-order valence-corrected chi connectivity index (χ4v) is 3.67. The first-order valence-electron chi connectivity index (χ1n) is 9.09. The van der Waals surface area contributed by atoms with Gasteiger partial charge >= 0.3 is 0 Å². The summed E-state index contributed by atoms with van der Waals surface area (Å²) in [5.41, 5.74) is 1.51. The molecule has 1 saturated heterocycles. The van der Waals surface area contributed by atoms with Crippen molar-refractivity contribution in [2.75, 3.05) is 23.9 Å². The van der Waals surface area contributed by atoms with Crippen LogP contribution in [0.2, 0.25) is 0 Å². The molecule has 0 unspecified atom stereocenters. The van der Waals surface area contributed by atoms with Crippen LogP contribution in [0.5, 0.6) is 5.75 Å². The number of ether oxygens (including phenoxy) is 1. The number of hydrogen-bond acceptors (Lipinski definition) is 3. The Labute approximate surface area is 157 Å². The van der Waals surface area contributed by atoms with Crippen molar-refractivity contribution in [1.82, 2.24) is 0 Å². The Morgan fingerprint density at radius 1 is 1.19 bits per heavy atom. The van der Waals surface area contributed by atoms with E-state index in [0.717, 1.165) is 24.8 Å². The van der Waals surface area contributed by atoms with Gasteiger partial charge in [-0.05, 0) is 55.2 Å². The number of hydrogen-bond donors (Lipinski definition) is 1. The molecule has 1 saturated carbocycles. The lowest BCUT2D eigenvalue weighted by Gasteiger charge is -2.21. The van der Waals surface area contributed by atoms with E-state index in [1.807, 2.05) is 0 Å². The van der Waals surface area contributed by atoms with Gasteiger partial charge in [0.2, 0.25) is 11.8 Å². The van der Waals surface area contributed by atoms with Crippen LogP contribution in [0, 0.1) is 5.82 Å². The zero-order valence-corrected chi connectivity index (χ0v) is 15.1. The van der Waals surface area contributed by atoms with Crippen LogP contribution in [-0.2, 0) is 15.0 Å². The predicted octanol–water partition coefficient (Wildman–Crippen LogP) is 3.63. The maximum atomic E-state index is 13.2. The first-order valence-corrected chi connectivity index (χ1v) is 9.09. The molecule has 140 valence electrons. The molecule has 0 radical (unpaired) electrons. The van der Waals surface area contributed by atoms with E-state index in [1.165, 1.54) is 12.1 Å². The fourth-order valence-electron chi connectivity index (χ4n) is 3.67. The molecule has 1 N–H and O–H groups in total. The van der Waals surface area contributed by atoms with Crippen LogP contribution in [0.3, 0.4) is 0 Å². The SMILES string of the molecule is COc1ccc(NC(=O)C2(c3ccc(F)cc3)CC2)cc1N1CCCC1=O. The van der Waals surface area contributed by atoms with Crippen molar-refractivity contribution >= 4 is 23.2 Å². The summed E-state index contributed by atoms with van der Waals surface area (Å²) in [5.74, 6) is 0.229. The van der Waals surface area contributed by atoms with E-state index in [0.29, 0.717) is 30.1 Å². The van der Waals surface area contributed by atoms with E-state index in [-0.39, 0.29) is 17.6 Å². The number of carbonyl (C=O) groups excluding carboxylic acids is 2. The molecule has 0 aromatic heterocycles. The number of nitrogens with zero attached hydrogens (tertiary/aromatic N) is 1. The smallest absolute Gasteiger partial charge is 0.235 e. The monoisotopic (exact) mass is 368 g/mol. The quantitative estimate of drug-likeness (QED) is 0.877. The zero-order chi connectivity index (χ0) is 19.0. The van der Waals surface area contributed by atoms with Crippen molar-refractivity contribution in [2.45, 2.75) is 31.1 Å². The van der Waals surface area contributed by atoms with Gasteiger partial charge in [0.05, 0.1) is 18.2 Å². The van der Waals surface area contributed by atoms with E-state index in [2.05, 4.69) is 5.32 Å². The Morgan fingerprint density at radius 3 is 2.52 bits per heavy atom. The summed E-state index contributed by atoms with van der Waals surface area (Å²) in [6.45, 7) is 0.645. The minimum absolute atomic E-state index is 0.0572. The number of carbonyl (C=O) groups is 2. The summed E-state index contributed by atoms with van der Waals surface area (Å²) in [6, 6.07) is 11.4. The van der Waals surface area contributed by atoms with Gasteiger partial charge in [-0.25, -0.2) is 4.39 Å². The van der Waals surface area contributed by atoms with Crippen molar-refractivity contribution in [3.63, 3.8) is 0 Å². The van der Waals surface area contributed by atoms with Gasteiger partial charge in [-0.3, -0.25) is 9.59 Å². The van der Waals surface area contributed by atoms with E-state index in [9.17, 15) is 14.0 Å². The van der Waals surface area contributed by atoms with Crippen molar-refractivity contribution in [2.24, 2.45) is 0 Å². The van der Waals surface area contributed by atoms with Crippen molar-refractivity contribution < 1.29 is 18.7 Å². The lowest BCUT2D eigenvalue weighted by atomic mass is 9.95. The molecule has 1 aliphatic carbocycles. The molecule has 4 rings (SSSR count). The van der Waals surface area contributed by atoms with E-state index in [1.54, 1.807) is 42.3 Å². The molecule has 1 heterocycles. The van der Waals surface area contributed by atoms with Gasteiger partial charge < -0.3 is 15.0 Å². The molecule has 2 aliphatic rings. The average molecular weight is 368 g/mol. The summed E-state index contributed by atoms with van der Waals surface area (Å²) in [6.07, 6.45) is 2.80. The topological polar surface area (TPSA) is 58.6 Å². The second-order valence-corrected chi connectivity index (χ2v) is 7.08. The van der Waals surface area contributed by atoms with Crippen LogP contribution >= 0.6 is 0 Å². The van der Waals surface area contributed by atoms with Crippen LogP contribution in [0.25, 0.3) is 0 Å². The molecule has 5 nitrogen and oxygen atoms in total. The number of rotatable bonds is 5. The zero-order valence-electron chi connectivity index (χ0n) is 15.1. The lowest BCUT2D eigenvalue weighted by Crippen LogP contribution is -2.28. The van der Waals surface area contributed by atoms with Gasteiger partial charge in [0.15, 0.2) is 0 Å². The minimum atomic E-state index is -0.600. The molecule has 2 fully saturated rings. The van der Waals surface area contributed by atoms with Crippen LogP contribution in [0.15, 0.2) is 42.5 Å². The van der Waals surface area contributed by atoms with Gasteiger partial charge in [-0.2, -0.15) is 0 Å². The fraction of sp³-hybridized carbons (Fsp3) is 0.333. The second-order valence-electron chi connectivity index (χ2n) is 7.08. The summed E-state index contributed by atoms with van der Waals surface area (Å²) in [4.78, 5) is 26.7. The Bertz CT molecular complexity index is 891. The number of benzene rings is 2. The highest BCUT2D eigenvalue weighted by Crippen LogP contribution is 2.49. The maximum Gasteiger partial charge on any atom is 0.235 e. The lowest BCUT2D eigenvalue weighted by molar-refractivity contribution is -0.118. The number of amides is 2. The number of nitrogens with one attached hydrogen (secondary N) is 1. The predicted molar refractivity (Wildman–Crippen MR) is 101 cm³/mol. The first-order chi connectivity index (χ1) is 13.0. The van der Waals surface area contributed by atoms with Crippen LogP contribution < -0.4 is 15.0 Å². The Balaban J connectivity index is 1.58. The second kappa shape index (κ2) is 6.68. The van der Waals surface area contributed by atoms with Crippen molar-refractivity contribution in [3.8, 4) is 5.75 Å². The number of anilines is 2. The van der Waals surface area contributed by atoms with Gasteiger partial charge in [0, 0.05) is 18.7 Å². The van der Waals surface area contributed by atoms with Crippen molar-refractivity contribution in [1.29, 1.82) is 0 Å². The molecule has 2 aromatic rings. The standard InChI is InChI=1S/C21H21FN2O3/c1-27-18-9-8-16(13-17(18)24-12-2-3-19(24)25)23-20(26)21(10-11-21)14-4-6-15(22)7-5-14/h4-9,13H,2-3,10-12H2,1H3,(H,23,26). The first kappa shape index (κ1) is 17.5. The highest BCUT2D eigenvalue weighted by atomic mass is 19.1. The molecule has 6 heteroatoms. The summed E-state index contributed by atoms with van der Waals surface area (Å²) < 4.78 is 18.6. The molecule has 0 atom stereocenters. The Hall–Kier alpha value is -2.89. The Morgan fingerprint density at radius 2 is 1.93 bits per heavy atom. The summed E-state index contributed by atoms with van der Waals surface area (Å²) >= 11 is 0. The van der Waals surface area contributed by atoms with Gasteiger partial charge in [-0.1, -0.05) is 12.1 Å². The highest BCUT2D eigenvalue weighted by molar-refractivity contribution is 6.03. The van der Waals surface area contributed by atoms with Crippen molar-refractivity contribution in [3.05, 3.63) is 53.8 Å². The van der Waals surface area contributed by atoms with Crippen LogP contribution in [0.1, 0.15) is 31.2 Å². The molecular weight excluding hydrogens is 347 g/mol. The van der Waals surface area contributed by atoms with Gasteiger partial charge in [0.1, 0.15) is 11.6 Å². The normalized spacial score (nSPS) is 17.7. The van der Waals surface area contributed by atoms with E-state index < -0.39 is 5.41 Å². The molecule has 27 heavy (non-hydrogen) atoms. The van der Waals surface area contributed by atoms with Gasteiger partial charge in [-0.15, -0.1) is 0 Å². The third-order valence-corrected chi connectivity index (χ3v) is 5.38. The third-order valence-electron chi connectivity index (χ3n) is 5.38. The molecule has 2 amide bonds. The molecule has 0 spiro atoms. The molecule has 1 aliphatic heterocycles. The Kier molecular flexibility index (Phi) is 4.34. The average Bonchev–Trinajstić information content (AvgIpc) is 3.38. The largest absolute Gasteiger partial charge is 0.495 e. The molecular formula is C21H21FN2O3. The van der Waals surface area contributed by atoms with E-state index in [4.69, 9.17) is 4.74 Å². The molecule has 0 bridgehead atoms. The van der Waals surface area contributed by atoms with Gasteiger partial charge in [0.25, 0.3) is 0 Å². The summed E-state index contributed by atoms with van der Waals surface area (Å²) in [7, 11) is 1.56. The number of halogens is 1. The maximum absolute atomic E-state index is 13.2. The number of methoxy groups -OCH3 is 1. The third kappa shape index (κ3) is 3.16.